The molecule has 0 unspecified atom stereocenters. The maximum atomic E-state index is 12.4. The molecule has 0 atom stereocenters. The van der Waals surface area contributed by atoms with Gasteiger partial charge in [0.1, 0.15) is 5.75 Å². The Morgan fingerprint density at radius 2 is 1.63 bits per heavy atom. The SMILES string of the molecule is O=C(c1ccccc1)c1ccc(OCc2nnc(-c3ccc(Br)o3)o2)cc1. The van der Waals surface area contributed by atoms with Crippen molar-refractivity contribution in [1.29, 1.82) is 0 Å². The van der Waals surface area contributed by atoms with Crippen LogP contribution in [0.1, 0.15) is 21.8 Å². The van der Waals surface area contributed by atoms with E-state index in [1.807, 2.05) is 18.2 Å². The highest BCUT2D eigenvalue weighted by atomic mass is 79.9. The van der Waals surface area contributed by atoms with Crippen LogP contribution in [-0.4, -0.2) is 16.0 Å². The van der Waals surface area contributed by atoms with Crippen LogP contribution >= 0.6 is 15.9 Å². The molecular formula is C20H13BrN2O4. The van der Waals surface area contributed by atoms with E-state index in [1.165, 1.54) is 0 Å². The summed E-state index contributed by atoms with van der Waals surface area (Å²) in [6.45, 7) is 0.112. The Morgan fingerprint density at radius 1 is 0.889 bits per heavy atom. The van der Waals surface area contributed by atoms with Crippen molar-refractivity contribution < 1.29 is 18.4 Å². The number of hydrogen-bond donors (Lipinski definition) is 0. The van der Waals surface area contributed by atoms with Gasteiger partial charge in [-0.3, -0.25) is 4.79 Å². The molecule has 6 nitrogen and oxygen atoms in total. The third-order valence-corrected chi connectivity index (χ3v) is 4.19. The van der Waals surface area contributed by atoms with Gasteiger partial charge in [-0.25, -0.2) is 0 Å². The molecule has 0 aliphatic carbocycles. The Kier molecular flexibility index (Phi) is 4.84. The smallest absolute Gasteiger partial charge is 0.283 e. The second-order valence-electron chi connectivity index (χ2n) is 5.61. The van der Waals surface area contributed by atoms with Crippen LogP contribution < -0.4 is 4.74 Å². The Balaban J connectivity index is 1.39. The molecular weight excluding hydrogens is 412 g/mol. The van der Waals surface area contributed by atoms with E-state index in [9.17, 15) is 4.79 Å². The van der Waals surface area contributed by atoms with Gasteiger partial charge in [-0.15, -0.1) is 10.2 Å². The second-order valence-corrected chi connectivity index (χ2v) is 6.39. The number of nitrogens with zero attached hydrogens (tertiary/aromatic N) is 2. The zero-order valence-corrected chi connectivity index (χ0v) is 15.5. The Labute approximate surface area is 162 Å². The minimum Gasteiger partial charge on any atom is -0.484 e. The van der Waals surface area contributed by atoms with Crippen LogP contribution in [0.15, 0.2) is 80.2 Å². The van der Waals surface area contributed by atoms with Crippen molar-refractivity contribution in [1.82, 2.24) is 10.2 Å². The lowest BCUT2D eigenvalue weighted by Crippen LogP contribution is -2.01. The number of aromatic nitrogens is 2. The molecule has 27 heavy (non-hydrogen) atoms. The van der Waals surface area contributed by atoms with Gasteiger partial charge in [0, 0.05) is 11.1 Å². The van der Waals surface area contributed by atoms with Crippen molar-refractivity contribution in [2.24, 2.45) is 0 Å². The third kappa shape index (κ3) is 3.98. The highest BCUT2D eigenvalue weighted by Crippen LogP contribution is 2.24. The van der Waals surface area contributed by atoms with Crippen LogP contribution in [0.3, 0.4) is 0 Å². The molecule has 0 aliphatic rings. The summed E-state index contributed by atoms with van der Waals surface area (Å²) < 4.78 is 17.1. The maximum absolute atomic E-state index is 12.4. The van der Waals surface area contributed by atoms with Crippen LogP contribution in [0, 0.1) is 0 Å². The lowest BCUT2D eigenvalue weighted by molar-refractivity contribution is 0.103. The summed E-state index contributed by atoms with van der Waals surface area (Å²) in [7, 11) is 0. The molecule has 0 saturated carbocycles. The summed E-state index contributed by atoms with van der Waals surface area (Å²) >= 11 is 3.22. The lowest BCUT2D eigenvalue weighted by atomic mass is 10.0. The molecule has 0 fully saturated rings. The van der Waals surface area contributed by atoms with Crippen molar-refractivity contribution in [3.05, 3.63) is 88.4 Å². The standard InChI is InChI=1S/C20H13BrN2O4/c21-17-11-10-16(26-17)20-23-22-18(27-20)12-25-15-8-6-14(7-9-15)19(24)13-4-2-1-3-5-13/h1-11H,12H2. The number of carbonyl (C=O) groups is 1. The number of carbonyl (C=O) groups excluding carboxylic acids is 1. The number of rotatable bonds is 6. The van der Waals surface area contributed by atoms with Gasteiger partial charge in [-0.1, -0.05) is 30.3 Å². The number of ether oxygens (including phenoxy) is 1. The van der Waals surface area contributed by atoms with E-state index in [2.05, 4.69) is 26.1 Å². The van der Waals surface area contributed by atoms with E-state index in [0.29, 0.717) is 33.2 Å². The van der Waals surface area contributed by atoms with Gasteiger partial charge in [0.05, 0.1) is 0 Å². The summed E-state index contributed by atoms with van der Waals surface area (Å²) in [5.74, 6) is 1.64. The van der Waals surface area contributed by atoms with E-state index in [1.54, 1.807) is 48.5 Å². The summed E-state index contributed by atoms with van der Waals surface area (Å²) in [6, 6.07) is 19.5. The van der Waals surface area contributed by atoms with Gasteiger partial charge in [0.25, 0.3) is 11.8 Å². The fraction of sp³-hybridized carbons (Fsp3) is 0.0500. The first-order valence-electron chi connectivity index (χ1n) is 8.10. The molecule has 0 radical (unpaired) electrons. The van der Waals surface area contributed by atoms with Gasteiger partial charge >= 0.3 is 0 Å². The largest absolute Gasteiger partial charge is 0.484 e. The Bertz CT molecular complexity index is 1060. The zero-order valence-electron chi connectivity index (χ0n) is 14.0. The average molecular weight is 425 g/mol. The first-order valence-corrected chi connectivity index (χ1v) is 8.89. The van der Waals surface area contributed by atoms with Crippen molar-refractivity contribution in [2.45, 2.75) is 6.61 Å². The first-order chi connectivity index (χ1) is 13.2. The van der Waals surface area contributed by atoms with Crippen molar-refractivity contribution in [3.8, 4) is 17.4 Å². The molecule has 0 N–H and O–H groups in total. The molecule has 0 saturated heterocycles. The zero-order chi connectivity index (χ0) is 18.6. The topological polar surface area (TPSA) is 78.4 Å². The Morgan fingerprint density at radius 3 is 2.33 bits per heavy atom. The van der Waals surface area contributed by atoms with E-state index >= 15 is 0 Å². The minimum absolute atomic E-state index is 0.0340. The molecule has 0 aliphatic heterocycles. The van der Waals surface area contributed by atoms with Gasteiger partial charge in [-0.05, 0) is 52.3 Å². The molecule has 4 rings (SSSR count). The fourth-order valence-electron chi connectivity index (χ4n) is 2.44. The normalized spacial score (nSPS) is 10.7. The van der Waals surface area contributed by atoms with Crippen LogP contribution in [-0.2, 0) is 6.61 Å². The van der Waals surface area contributed by atoms with Crippen molar-refractivity contribution in [3.63, 3.8) is 0 Å². The molecule has 0 spiro atoms. The molecule has 0 amide bonds. The van der Waals surface area contributed by atoms with E-state index in [0.717, 1.165) is 0 Å². The summed E-state index contributed by atoms with van der Waals surface area (Å²) in [5.41, 5.74) is 1.24. The quantitative estimate of drug-likeness (QED) is 0.409. The maximum Gasteiger partial charge on any atom is 0.283 e. The number of ketones is 1. The number of hydrogen-bond acceptors (Lipinski definition) is 6. The summed E-state index contributed by atoms with van der Waals surface area (Å²) in [6.07, 6.45) is 0. The number of benzene rings is 2. The van der Waals surface area contributed by atoms with Gasteiger partial charge in [0.15, 0.2) is 22.8 Å². The summed E-state index contributed by atoms with van der Waals surface area (Å²) in [4.78, 5) is 12.4. The van der Waals surface area contributed by atoms with Gasteiger partial charge < -0.3 is 13.6 Å². The van der Waals surface area contributed by atoms with Crippen LogP contribution in [0.25, 0.3) is 11.7 Å². The molecule has 0 bridgehead atoms. The molecule has 134 valence electrons. The highest BCUT2D eigenvalue weighted by molar-refractivity contribution is 9.10. The van der Waals surface area contributed by atoms with E-state index in [4.69, 9.17) is 13.6 Å². The van der Waals surface area contributed by atoms with Crippen LogP contribution in [0.4, 0.5) is 0 Å². The molecule has 2 heterocycles. The number of furan rings is 1. The molecule has 2 aromatic heterocycles. The van der Waals surface area contributed by atoms with Crippen molar-refractivity contribution >= 4 is 21.7 Å². The van der Waals surface area contributed by atoms with Gasteiger partial charge in [-0.2, -0.15) is 0 Å². The second kappa shape index (κ2) is 7.59. The van der Waals surface area contributed by atoms with E-state index in [-0.39, 0.29) is 18.3 Å². The third-order valence-electron chi connectivity index (χ3n) is 3.77. The first kappa shape index (κ1) is 17.2. The van der Waals surface area contributed by atoms with Crippen molar-refractivity contribution in [2.75, 3.05) is 0 Å². The van der Waals surface area contributed by atoms with E-state index < -0.39 is 0 Å². The minimum atomic E-state index is -0.0340. The van der Waals surface area contributed by atoms with Crippen LogP contribution in [0.2, 0.25) is 0 Å². The monoisotopic (exact) mass is 424 g/mol. The average Bonchev–Trinajstić information content (AvgIpc) is 3.36. The lowest BCUT2D eigenvalue weighted by Gasteiger charge is -2.05. The number of halogens is 1. The predicted molar refractivity (Wildman–Crippen MR) is 100 cm³/mol. The highest BCUT2D eigenvalue weighted by Gasteiger charge is 2.13. The molecule has 7 heteroatoms. The Hall–Kier alpha value is -3.19. The predicted octanol–water partition coefficient (Wildman–Crippen LogP) is 4.90. The van der Waals surface area contributed by atoms with Crippen LogP contribution in [0.5, 0.6) is 5.75 Å². The summed E-state index contributed by atoms with van der Waals surface area (Å²) in [5, 5.41) is 7.86. The molecule has 2 aromatic carbocycles. The van der Waals surface area contributed by atoms with Gasteiger partial charge in [0.2, 0.25) is 0 Å². The fourth-order valence-corrected chi connectivity index (χ4v) is 2.75. The molecule has 4 aromatic rings.